The van der Waals surface area contributed by atoms with E-state index in [4.69, 9.17) is 16.3 Å². The predicted molar refractivity (Wildman–Crippen MR) is 74.3 cm³/mol. The van der Waals surface area contributed by atoms with Crippen LogP contribution in [0.2, 0.25) is 5.02 Å². The van der Waals surface area contributed by atoms with E-state index < -0.39 is 23.3 Å². The molecule has 0 unspecified atom stereocenters. The third-order valence-corrected chi connectivity index (χ3v) is 2.50. The van der Waals surface area contributed by atoms with Gasteiger partial charge in [-0.1, -0.05) is 11.6 Å². The van der Waals surface area contributed by atoms with Crippen LogP contribution >= 0.6 is 11.6 Å². The van der Waals surface area contributed by atoms with Gasteiger partial charge >= 0.3 is 5.82 Å². The summed E-state index contributed by atoms with van der Waals surface area (Å²) in [4.78, 5) is 29.1. The Morgan fingerprint density at radius 2 is 2.19 bits per heavy atom. The van der Waals surface area contributed by atoms with Crippen LogP contribution in [0.1, 0.15) is 0 Å². The Morgan fingerprint density at radius 3 is 2.86 bits per heavy atom. The summed E-state index contributed by atoms with van der Waals surface area (Å²) >= 11 is 5.67. The van der Waals surface area contributed by atoms with Crippen LogP contribution in [0.15, 0.2) is 36.7 Å². The van der Waals surface area contributed by atoms with Crippen molar-refractivity contribution >= 4 is 29.1 Å². The predicted octanol–water partition coefficient (Wildman–Crippen LogP) is 2.06. The van der Waals surface area contributed by atoms with Crippen LogP contribution in [0.5, 0.6) is 5.75 Å². The molecule has 0 aliphatic carbocycles. The van der Waals surface area contributed by atoms with Crippen LogP contribution in [0.4, 0.5) is 11.6 Å². The summed E-state index contributed by atoms with van der Waals surface area (Å²) in [5.41, 5.74) is 0. The van der Waals surface area contributed by atoms with E-state index in [1.165, 1.54) is 30.6 Å². The molecule has 0 atom stereocenters. The van der Waals surface area contributed by atoms with Crippen molar-refractivity contribution < 1.29 is 14.5 Å². The van der Waals surface area contributed by atoms with E-state index in [1.54, 1.807) is 6.07 Å². The van der Waals surface area contributed by atoms with Crippen molar-refractivity contribution in [3.63, 3.8) is 0 Å². The maximum absolute atomic E-state index is 11.7. The fourth-order valence-corrected chi connectivity index (χ4v) is 1.52. The van der Waals surface area contributed by atoms with Crippen molar-refractivity contribution in [3.8, 4) is 5.75 Å². The van der Waals surface area contributed by atoms with E-state index in [-0.39, 0.29) is 5.75 Å². The normalized spacial score (nSPS) is 9.95. The van der Waals surface area contributed by atoms with Gasteiger partial charge < -0.3 is 20.2 Å². The van der Waals surface area contributed by atoms with Crippen molar-refractivity contribution in [2.75, 3.05) is 11.9 Å². The maximum atomic E-state index is 11.7. The number of aromatic nitrogens is 2. The minimum atomic E-state index is -0.687. The SMILES string of the molecule is O=C(COc1cccnc1[N+](=O)[O-])Nc1ccc(Cl)cn1. The molecule has 21 heavy (non-hydrogen) atoms. The van der Waals surface area contributed by atoms with Gasteiger partial charge in [0.25, 0.3) is 5.91 Å². The third kappa shape index (κ3) is 4.11. The second kappa shape index (κ2) is 6.62. The molecule has 0 saturated carbocycles. The van der Waals surface area contributed by atoms with Gasteiger partial charge in [0.1, 0.15) is 12.0 Å². The number of hydrogen-bond acceptors (Lipinski definition) is 6. The zero-order valence-corrected chi connectivity index (χ0v) is 11.3. The molecule has 108 valence electrons. The monoisotopic (exact) mass is 308 g/mol. The number of hydrogen-bond donors (Lipinski definition) is 1. The molecule has 0 radical (unpaired) electrons. The van der Waals surface area contributed by atoms with Crippen LogP contribution in [0.25, 0.3) is 0 Å². The standard InChI is InChI=1S/C12H9ClN4O4/c13-8-3-4-10(15-6-8)16-11(18)7-21-9-2-1-5-14-12(9)17(19)20/h1-6H,7H2,(H,15,16,18). The first-order chi connectivity index (χ1) is 10.1. The molecule has 0 aliphatic heterocycles. The summed E-state index contributed by atoms with van der Waals surface area (Å²) in [7, 11) is 0. The van der Waals surface area contributed by atoms with Gasteiger partial charge in [0.05, 0.1) is 5.02 Å². The average molecular weight is 309 g/mol. The number of amides is 1. The number of anilines is 1. The second-order valence-electron chi connectivity index (χ2n) is 3.78. The average Bonchev–Trinajstić information content (AvgIpc) is 2.48. The molecular formula is C12H9ClN4O4. The van der Waals surface area contributed by atoms with E-state index in [0.717, 1.165) is 0 Å². The third-order valence-electron chi connectivity index (χ3n) is 2.28. The Kier molecular flexibility index (Phi) is 4.62. The van der Waals surface area contributed by atoms with E-state index in [1.807, 2.05) is 0 Å². The Hall–Kier alpha value is -2.74. The van der Waals surface area contributed by atoms with Gasteiger partial charge in [-0.2, -0.15) is 0 Å². The van der Waals surface area contributed by atoms with Crippen LogP contribution in [0, 0.1) is 10.1 Å². The summed E-state index contributed by atoms with van der Waals surface area (Å²) in [6, 6.07) is 5.92. The molecule has 1 N–H and O–H groups in total. The number of nitrogens with one attached hydrogen (secondary N) is 1. The fourth-order valence-electron chi connectivity index (χ4n) is 1.40. The Bertz CT molecular complexity index is 663. The molecule has 0 fully saturated rings. The van der Waals surface area contributed by atoms with Gasteiger partial charge in [-0.05, 0) is 34.2 Å². The van der Waals surface area contributed by atoms with Crippen molar-refractivity contribution in [2.24, 2.45) is 0 Å². The molecule has 2 rings (SSSR count). The lowest BCUT2D eigenvalue weighted by Crippen LogP contribution is -2.21. The van der Waals surface area contributed by atoms with Crippen molar-refractivity contribution in [2.45, 2.75) is 0 Å². The number of rotatable bonds is 5. The van der Waals surface area contributed by atoms with E-state index in [2.05, 4.69) is 15.3 Å². The van der Waals surface area contributed by atoms with Crippen molar-refractivity contribution in [3.05, 3.63) is 51.8 Å². The molecule has 2 aromatic rings. The number of carbonyl (C=O) groups excluding carboxylic acids is 1. The van der Waals surface area contributed by atoms with Gasteiger partial charge in [-0.3, -0.25) is 4.79 Å². The minimum Gasteiger partial charge on any atom is -0.476 e. The fraction of sp³-hybridized carbons (Fsp3) is 0.0833. The number of carbonyl (C=O) groups is 1. The molecule has 0 aromatic carbocycles. The molecule has 0 aliphatic rings. The van der Waals surface area contributed by atoms with Crippen molar-refractivity contribution in [1.82, 2.24) is 9.97 Å². The lowest BCUT2D eigenvalue weighted by Gasteiger charge is -2.06. The van der Waals surface area contributed by atoms with Crippen molar-refractivity contribution in [1.29, 1.82) is 0 Å². The highest BCUT2D eigenvalue weighted by Crippen LogP contribution is 2.22. The van der Waals surface area contributed by atoms with Crippen LogP contribution < -0.4 is 10.1 Å². The molecule has 0 saturated heterocycles. The van der Waals surface area contributed by atoms with Crippen LogP contribution in [-0.4, -0.2) is 27.4 Å². The van der Waals surface area contributed by atoms with Gasteiger partial charge in [-0.15, -0.1) is 0 Å². The molecule has 0 bridgehead atoms. The lowest BCUT2D eigenvalue weighted by atomic mass is 10.4. The van der Waals surface area contributed by atoms with Gasteiger partial charge in [-0.25, -0.2) is 4.98 Å². The maximum Gasteiger partial charge on any atom is 0.406 e. The first kappa shape index (κ1) is 14.7. The molecule has 2 aromatic heterocycles. The molecule has 9 heteroatoms. The molecule has 1 amide bonds. The van der Waals surface area contributed by atoms with E-state index >= 15 is 0 Å². The summed E-state index contributed by atoms with van der Waals surface area (Å²) in [5.74, 6) is -0.742. The number of halogens is 1. The van der Waals surface area contributed by atoms with E-state index in [9.17, 15) is 14.9 Å². The van der Waals surface area contributed by atoms with Crippen LogP contribution in [-0.2, 0) is 4.79 Å². The zero-order chi connectivity index (χ0) is 15.2. The lowest BCUT2D eigenvalue weighted by molar-refractivity contribution is -0.390. The van der Waals surface area contributed by atoms with Gasteiger partial charge in [0, 0.05) is 6.20 Å². The number of nitro groups is 1. The molecule has 0 spiro atoms. The molecule has 8 nitrogen and oxygen atoms in total. The smallest absolute Gasteiger partial charge is 0.406 e. The molecular weight excluding hydrogens is 300 g/mol. The highest BCUT2D eigenvalue weighted by atomic mass is 35.5. The van der Waals surface area contributed by atoms with Crippen LogP contribution in [0.3, 0.4) is 0 Å². The van der Waals surface area contributed by atoms with Gasteiger partial charge in [0.15, 0.2) is 6.61 Å². The topological polar surface area (TPSA) is 107 Å². The highest BCUT2D eigenvalue weighted by molar-refractivity contribution is 6.30. The Morgan fingerprint density at radius 1 is 1.38 bits per heavy atom. The zero-order valence-electron chi connectivity index (χ0n) is 10.5. The quantitative estimate of drug-likeness (QED) is 0.669. The first-order valence-corrected chi connectivity index (χ1v) is 6.07. The largest absolute Gasteiger partial charge is 0.476 e. The summed E-state index contributed by atoms with van der Waals surface area (Å²) < 4.78 is 5.09. The summed E-state index contributed by atoms with van der Waals surface area (Å²) in [6.45, 7) is -0.406. The number of pyridine rings is 2. The van der Waals surface area contributed by atoms with E-state index in [0.29, 0.717) is 10.8 Å². The minimum absolute atomic E-state index is 0.0817. The van der Waals surface area contributed by atoms with Gasteiger partial charge in [0.2, 0.25) is 5.75 Å². The first-order valence-electron chi connectivity index (χ1n) is 5.70. The number of ether oxygens (including phenoxy) is 1. The Labute approximate surface area is 123 Å². The molecule has 2 heterocycles. The Balaban J connectivity index is 1.95. The number of nitrogens with zero attached hydrogens (tertiary/aromatic N) is 3. The summed E-state index contributed by atoms with van der Waals surface area (Å²) in [5, 5.41) is 13.6. The highest BCUT2D eigenvalue weighted by Gasteiger charge is 2.16. The summed E-state index contributed by atoms with van der Waals surface area (Å²) in [6.07, 6.45) is 2.65. The second-order valence-corrected chi connectivity index (χ2v) is 4.22.